The molecule has 4 aromatic rings. The molecule has 0 fully saturated rings. The monoisotopic (exact) mass is 599 g/mol. The second-order valence-electron chi connectivity index (χ2n) is 10.2. The van der Waals surface area contributed by atoms with Crippen molar-refractivity contribution in [3.63, 3.8) is 0 Å². The molecule has 0 saturated heterocycles. The second-order valence-corrected chi connectivity index (χ2v) is 10.2. The lowest BCUT2D eigenvalue weighted by Crippen LogP contribution is -2.26. The molecule has 228 valence electrons. The second kappa shape index (κ2) is 13.9. The molecule has 1 aromatic heterocycles. The van der Waals surface area contributed by atoms with Crippen LogP contribution in [0.2, 0.25) is 0 Å². The van der Waals surface area contributed by atoms with Gasteiger partial charge in [0.15, 0.2) is 0 Å². The molecule has 0 spiro atoms. The number of aryl methyl sites for hydroxylation is 1. The zero-order valence-electron chi connectivity index (χ0n) is 24.2. The molecule has 6 nitrogen and oxygen atoms in total. The summed E-state index contributed by atoms with van der Waals surface area (Å²) < 4.78 is 73.1. The average Bonchev–Trinajstić information content (AvgIpc) is 2.96. The number of carbonyl (C=O) groups excluding carboxylic acids is 1. The maximum Gasteiger partial charge on any atom is 0.453 e. The maximum atomic E-state index is 14.4. The standard InChI is InChI=1S/C33H33F4NO5/c1-4-7-21-8-14-24(15-9-21)41-30-28(39)25-16-17-27(42-32(40)22-10-12-23(34)13-11-22)26(20-38(18-5-2)19-6-3)29(25)43-31(30)33(35,36)37/h8-17H,4-7,18-20H2,1-3H3. The van der Waals surface area contributed by atoms with Gasteiger partial charge in [-0.25, -0.2) is 9.18 Å². The first-order valence-corrected chi connectivity index (χ1v) is 14.2. The van der Waals surface area contributed by atoms with Crippen LogP contribution in [0.1, 0.15) is 67.3 Å². The van der Waals surface area contributed by atoms with Gasteiger partial charge in [-0.05, 0) is 86.4 Å². The van der Waals surface area contributed by atoms with Crippen LogP contribution < -0.4 is 14.9 Å². The van der Waals surface area contributed by atoms with E-state index in [1.807, 2.05) is 25.7 Å². The molecule has 0 radical (unpaired) electrons. The van der Waals surface area contributed by atoms with Gasteiger partial charge in [0.25, 0.3) is 5.76 Å². The van der Waals surface area contributed by atoms with E-state index in [1.165, 1.54) is 36.4 Å². The number of esters is 1. The maximum absolute atomic E-state index is 14.4. The smallest absolute Gasteiger partial charge is 0.449 e. The highest BCUT2D eigenvalue weighted by Crippen LogP contribution is 2.40. The Morgan fingerprint density at radius 2 is 1.53 bits per heavy atom. The molecule has 0 amide bonds. The lowest BCUT2D eigenvalue weighted by atomic mass is 10.1. The Kier molecular flexibility index (Phi) is 10.2. The number of hydrogen-bond donors (Lipinski definition) is 0. The molecular weight excluding hydrogens is 566 g/mol. The summed E-state index contributed by atoms with van der Waals surface area (Å²) in [6.45, 7) is 7.17. The molecule has 0 unspecified atom stereocenters. The number of ether oxygens (including phenoxy) is 2. The number of halogens is 4. The van der Waals surface area contributed by atoms with E-state index in [1.54, 1.807) is 12.1 Å². The van der Waals surface area contributed by atoms with Crippen LogP contribution in [0.25, 0.3) is 11.0 Å². The Bertz CT molecular complexity index is 1610. The third kappa shape index (κ3) is 7.62. The molecule has 0 aliphatic heterocycles. The van der Waals surface area contributed by atoms with Crippen molar-refractivity contribution in [3.8, 4) is 17.2 Å². The first-order chi connectivity index (χ1) is 20.5. The molecule has 0 saturated carbocycles. The Morgan fingerprint density at radius 3 is 2.12 bits per heavy atom. The Morgan fingerprint density at radius 1 is 0.884 bits per heavy atom. The van der Waals surface area contributed by atoms with Gasteiger partial charge >= 0.3 is 12.1 Å². The number of hydrogen-bond acceptors (Lipinski definition) is 6. The Balaban J connectivity index is 1.87. The van der Waals surface area contributed by atoms with Crippen LogP contribution in [0.5, 0.6) is 17.2 Å². The quantitative estimate of drug-likeness (QED) is 0.0924. The molecule has 0 bridgehead atoms. The fourth-order valence-electron chi connectivity index (χ4n) is 4.81. The van der Waals surface area contributed by atoms with Gasteiger partial charge in [0.2, 0.25) is 11.2 Å². The number of alkyl halides is 3. The van der Waals surface area contributed by atoms with Crippen LogP contribution in [0.4, 0.5) is 17.6 Å². The number of benzene rings is 3. The summed E-state index contributed by atoms with van der Waals surface area (Å²) in [6.07, 6.45) is -1.89. The summed E-state index contributed by atoms with van der Waals surface area (Å²) >= 11 is 0. The molecule has 0 atom stereocenters. The number of fused-ring (bicyclic) bond motifs is 1. The highest BCUT2D eigenvalue weighted by molar-refractivity contribution is 5.92. The van der Waals surface area contributed by atoms with Crippen LogP contribution in [0.3, 0.4) is 0 Å². The third-order valence-electron chi connectivity index (χ3n) is 6.76. The minimum Gasteiger partial charge on any atom is -0.449 e. The van der Waals surface area contributed by atoms with Crippen molar-refractivity contribution < 1.29 is 36.2 Å². The molecule has 4 rings (SSSR count). The topological polar surface area (TPSA) is 69.0 Å². The van der Waals surface area contributed by atoms with Crippen molar-refractivity contribution in [1.82, 2.24) is 4.90 Å². The summed E-state index contributed by atoms with van der Waals surface area (Å²) in [5, 5.41) is -0.157. The number of carbonyl (C=O) groups is 1. The van der Waals surface area contributed by atoms with Crippen molar-refractivity contribution in [2.24, 2.45) is 0 Å². The van der Waals surface area contributed by atoms with Crippen LogP contribution in [-0.2, 0) is 19.1 Å². The average molecular weight is 600 g/mol. The number of nitrogens with zero attached hydrogens (tertiary/aromatic N) is 1. The van der Waals surface area contributed by atoms with Crippen LogP contribution in [-0.4, -0.2) is 24.0 Å². The lowest BCUT2D eigenvalue weighted by Gasteiger charge is -2.23. The van der Waals surface area contributed by atoms with Crippen molar-refractivity contribution in [2.45, 2.75) is 59.2 Å². The van der Waals surface area contributed by atoms with Crippen molar-refractivity contribution >= 4 is 16.9 Å². The molecule has 10 heteroatoms. The van der Waals surface area contributed by atoms with Gasteiger partial charge in [0, 0.05) is 6.54 Å². The SMILES string of the molecule is CCCc1ccc(Oc2c(C(F)(F)F)oc3c(CN(CCC)CCC)c(OC(=O)c4ccc(F)cc4)ccc3c2=O)cc1. The van der Waals surface area contributed by atoms with Crippen LogP contribution in [0.15, 0.2) is 69.9 Å². The minimum atomic E-state index is -5.07. The van der Waals surface area contributed by atoms with Gasteiger partial charge in [0.05, 0.1) is 16.5 Å². The summed E-state index contributed by atoms with van der Waals surface area (Å²) in [4.78, 5) is 28.5. The van der Waals surface area contributed by atoms with Gasteiger partial charge in [-0.15, -0.1) is 0 Å². The van der Waals surface area contributed by atoms with Crippen molar-refractivity contribution in [3.05, 3.63) is 99.2 Å². The minimum absolute atomic E-state index is 0.0394. The van der Waals surface area contributed by atoms with Gasteiger partial charge in [-0.2, -0.15) is 13.2 Å². The van der Waals surface area contributed by atoms with E-state index >= 15 is 0 Å². The molecular formula is C33H33F4NO5. The molecule has 3 aromatic carbocycles. The molecule has 43 heavy (non-hydrogen) atoms. The molecule has 0 N–H and O–H groups in total. The first-order valence-electron chi connectivity index (χ1n) is 14.2. The highest BCUT2D eigenvalue weighted by Gasteiger charge is 2.41. The largest absolute Gasteiger partial charge is 0.453 e. The summed E-state index contributed by atoms with van der Waals surface area (Å²) in [6, 6.07) is 13.7. The fraction of sp³-hybridized carbons (Fsp3) is 0.333. The van der Waals surface area contributed by atoms with E-state index in [4.69, 9.17) is 13.9 Å². The van der Waals surface area contributed by atoms with E-state index in [0.29, 0.717) is 13.1 Å². The predicted molar refractivity (Wildman–Crippen MR) is 155 cm³/mol. The van der Waals surface area contributed by atoms with Gasteiger partial charge in [-0.3, -0.25) is 9.69 Å². The summed E-state index contributed by atoms with van der Waals surface area (Å²) in [5.41, 5.74) is -0.246. The van der Waals surface area contributed by atoms with E-state index in [0.717, 1.165) is 43.4 Å². The molecule has 1 heterocycles. The fourth-order valence-corrected chi connectivity index (χ4v) is 4.81. The molecule has 0 aliphatic rings. The first kappa shape index (κ1) is 31.7. The van der Waals surface area contributed by atoms with E-state index in [-0.39, 0.29) is 40.1 Å². The van der Waals surface area contributed by atoms with Gasteiger partial charge in [0.1, 0.15) is 22.9 Å². The lowest BCUT2D eigenvalue weighted by molar-refractivity contribution is -0.154. The number of rotatable bonds is 12. The highest BCUT2D eigenvalue weighted by atomic mass is 19.4. The van der Waals surface area contributed by atoms with Gasteiger partial charge in [-0.1, -0.05) is 39.3 Å². The van der Waals surface area contributed by atoms with Crippen LogP contribution >= 0.6 is 0 Å². The van der Waals surface area contributed by atoms with Crippen LogP contribution in [0, 0.1) is 5.82 Å². The Labute approximate surface area is 246 Å². The van der Waals surface area contributed by atoms with Gasteiger partial charge < -0.3 is 13.9 Å². The summed E-state index contributed by atoms with van der Waals surface area (Å²) in [5.74, 6) is -3.99. The predicted octanol–water partition coefficient (Wildman–Crippen LogP) is 8.54. The van der Waals surface area contributed by atoms with E-state index in [2.05, 4.69) is 0 Å². The van der Waals surface area contributed by atoms with Crippen molar-refractivity contribution in [2.75, 3.05) is 13.1 Å². The van der Waals surface area contributed by atoms with E-state index in [9.17, 15) is 27.2 Å². The third-order valence-corrected chi connectivity index (χ3v) is 6.76. The summed E-state index contributed by atoms with van der Waals surface area (Å²) in [7, 11) is 0. The zero-order chi connectivity index (χ0) is 31.1. The normalized spacial score (nSPS) is 11.7. The Hall–Kier alpha value is -4.18. The zero-order valence-corrected chi connectivity index (χ0v) is 24.2. The van der Waals surface area contributed by atoms with Crippen molar-refractivity contribution in [1.29, 1.82) is 0 Å². The molecule has 0 aliphatic carbocycles. The van der Waals surface area contributed by atoms with E-state index < -0.39 is 34.9 Å².